The monoisotopic (exact) mass is 521 g/mol. The number of hydrogen-bond donors (Lipinski definition) is 1. The summed E-state index contributed by atoms with van der Waals surface area (Å²) in [7, 11) is 0. The number of carbonyl (C=O) groups is 1. The Hall–Kier alpha value is -3.02. The van der Waals surface area contributed by atoms with Gasteiger partial charge in [0.05, 0.1) is 5.60 Å². The van der Waals surface area contributed by atoms with Crippen LogP contribution in [-0.4, -0.2) is 41.1 Å². The highest BCUT2D eigenvalue weighted by atomic mass is 16.5. The van der Waals surface area contributed by atoms with Crippen molar-refractivity contribution in [1.82, 2.24) is 15.2 Å². The molecule has 1 N–H and O–H groups in total. The van der Waals surface area contributed by atoms with Crippen LogP contribution < -0.4 is 5.32 Å². The standard InChI is InChI=1S/C34H39N3O2/c38-32-28-12-8-11-27-29(21-26(22-36-32)31(27)28)37(23-25-9-2-1-3-10-25)19-16-33(30-13-4-7-18-35-30)17-20-39-34(24-33)14-5-6-15-34/h1-4,7-13,18,26,29H,5-6,14-17,19-24H2,(H,36,38)/t26?,29?,33-/m1/s1. The largest absolute Gasteiger partial charge is 0.375 e. The zero-order valence-electron chi connectivity index (χ0n) is 22.8. The number of rotatable bonds is 7. The first-order valence-electron chi connectivity index (χ1n) is 14.9. The Kier molecular flexibility index (Phi) is 6.52. The first kappa shape index (κ1) is 25.0. The molecule has 1 saturated carbocycles. The first-order valence-corrected chi connectivity index (χ1v) is 14.9. The maximum Gasteiger partial charge on any atom is 0.251 e. The molecule has 2 aromatic carbocycles. The molecular weight excluding hydrogens is 482 g/mol. The Morgan fingerprint density at radius 3 is 2.64 bits per heavy atom. The lowest BCUT2D eigenvalue weighted by Crippen LogP contribution is -2.48. The molecule has 1 saturated heterocycles. The van der Waals surface area contributed by atoms with Crippen molar-refractivity contribution in [3.8, 4) is 0 Å². The number of amides is 1. The van der Waals surface area contributed by atoms with Crippen LogP contribution in [-0.2, 0) is 16.7 Å². The van der Waals surface area contributed by atoms with Crippen molar-refractivity contribution < 1.29 is 9.53 Å². The van der Waals surface area contributed by atoms with Crippen molar-refractivity contribution in [2.24, 2.45) is 0 Å². The second-order valence-electron chi connectivity index (χ2n) is 12.3. The number of carbonyl (C=O) groups excluding carboxylic acids is 1. The molecule has 3 aromatic rings. The number of ether oxygens (including phenoxy) is 1. The van der Waals surface area contributed by atoms with Crippen molar-refractivity contribution in [1.29, 1.82) is 0 Å². The molecule has 7 rings (SSSR count). The van der Waals surface area contributed by atoms with Gasteiger partial charge >= 0.3 is 0 Å². The molecule has 202 valence electrons. The van der Waals surface area contributed by atoms with Gasteiger partial charge in [-0.25, -0.2) is 0 Å². The van der Waals surface area contributed by atoms with Crippen molar-refractivity contribution in [2.75, 3.05) is 19.7 Å². The fraction of sp³-hybridized carbons (Fsp3) is 0.471. The van der Waals surface area contributed by atoms with Gasteiger partial charge in [0.2, 0.25) is 0 Å². The molecule has 3 atom stereocenters. The highest BCUT2D eigenvalue weighted by molar-refractivity contribution is 5.97. The molecule has 1 amide bonds. The Morgan fingerprint density at radius 1 is 0.974 bits per heavy atom. The Balaban J connectivity index is 1.23. The normalized spacial score (nSPS) is 27.1. The predicted octanol–water partition coefficient (Wildman–Crippen LogP) is 6.31. The van der Waals surface area contributed by atoms with Crippen LogP contribution in [0.15, 0.2) is 72.9 Å². The third-order valence-corrected chi connectivity index (χ3v) is 10.1. The summed E-state index contributed by atoms with van der Waals surface area (Å²) in [6.45, 7) is 3.46. The van der Waals surface area contributed by atoms with Crippen LogP contribution in [0.5, 0.6) is 0 Å². The third kappa shape index (κ3) is 4.60. The second kappa shape index (κ2) is 10.2. The molecule has 0 bridgehead atoms. The molecule has 2 unspecified atom stereocenters. The number of benzene rings is 2. The van der Waals surface area contributed by atoms with Crippen molar-refractivity contribution in [2.45, 2.75) is 80.9 Å². The van der Waals surface area contributed by atoms with E-state index in [0.717, 1.165) is 57.5 Å². The van der Waals surface area contributed by atoms with Gasteiger partial charge in [-0.3, -0.25) is 14.7 Å². The quantitative estimate of drug-likeness (QED) is 0.396. The van der Waals surface area contributed by atoms with Crippen LogP contribution in [0.2, 0.25) is 0 Å². The highest BCUT2D eigenvalue weighted by Gasteiger charge is 2.49. The fourth-order valence-electron chi connectivity index (χ4n) is 8.20. The van der Waals surface area contributed by atoms with Crippen LogP contribution in [0, 0.1) is 0 Å². The summed E-state index contributed by atoms with van der Waals surface area (Å²) < 4.78 is 6.53. The lowest BCUT2D eigenvalue weighted by molar-refractivity contribution is -0.106. The van der Waals surface area contributed by atoms with Gasteiger partial charge < -0.3 is 10.1 Å². The van der Waals surface area contributed by atoms with E-state index in [1.807, 2.05) is 18.3 Å². The molecule has 5 heteroatoms. The smallest absolute Gasteiger partial charge is 0.251 e. The summed E-state index contributed by atoms with van der Waals surface area (Å²) in [6.07, 6.45) is 11.1. The first-order chi connectivity index (χ1) is 19.1. The SMILES string of the molecule is O=C1NCC2CC(N(CC[C@@]3(c4ccccn4)CCOC4(CCCC4)C3)Cc3ccccc3)c3cccc1c32. The van der Waals surface area contributed by atoms with E-state index in [2.05, 4.69) is 64.8 Å². The maximum absolute atomic E-state index is 12.7. The number of nitrogens with one attached hydrogen (secondary N) is 1. The van der Waals surface area contributed by atoms with Crippen LogP contribution in [0.3, 0.4) is 0 Å². The van der Waals surface area contributed by atoms with Gasteiger partial charge in [-0.1, -0.05) is 61.4 Å². The van der Waals surface area contributed by atoms with Gasteiger partial charge in [0.1, 0.15) is 0 Å². The summed E-state index contributed by atoms with van der Waals surface area (Å²) in [6, 6.07) is 24.0. The Morgan fingerprint density at radius 2 is 1.82 bits per heavy atom. The molecule has 3 heterocycles. The molecule has 39 heavy (non-hydrogen) atoms. The maximum atomic E-state index is 12.7. The molecule has 4 aliphatic rings. The molecule has 0 radical (unpaired) electrons. The van der Waals surface area contributed by atoms with Crippen molar-refractivity contribution in [3.63, 3.8) is 0 Å². The minimum absolute atomic E-state index is 0.0186. The molecular formula is C34H39N3O2. The highest BCUT2D eigenvalue weighted by Crippen LogP contribution is 2.51. The number of hydrogen-bond acceptors (Lipinski definition) is 4. The van der Waals surface area contributed by atoms with E-state index in [4.69, 9.17) is 9.72 Å². The predicted molar refractivity (Wildman–Crippen MR) is 153 cm³/mol. The van der Waals surface area contributed by atoms with Gasteiger partial charge in [0, 0.05) is 61.1 Å². The van der Waals surface area contributed by atoms with Crippen LogP contribution in [0.4, 0.5) is 0 Å². The summed E-state index contributed by atoms with van der Waals surface area (Å²) in [5, 5.41) is 3.14. The van der Waals surface area contributed by atoms with Crippen molar-refractivity contribution >= 4 is 5.91 Å². The van der Waals surface area contributed by atoms with E-state index >= 15 is 0 Å². The second-order valence-corrected chi connectivity index (χ2v) is 12.3. The average Bonchev–Trinajstić information content (AvgIpc) is 3.59. The minimum Gasteiger partial charge on any atom is -0.375 e. The molecule has 1 spiro atoms. The summed E-state index contributed by atoms with van der Waals surface area (Å²) in [4.78, 5) is 20.4. The van der Waals surface area contributed by atoms with Gasteiger partial charge in [-0.05, 0) is 73.4 Å². The van der Waals surface area contributed by atoms with E-state index in [1.165, 1.54) is 48.1 Å². The minimum atomic E-state index is 0.0186. The van der Waals surface area contributed by atoms with Gasteiger partial charge in [0.25, 0.3) is 5.91 Å². The summed E-state index contributed by atoms with van der Waals surface area (Å²) in [5.41, 5.74) is 6.14. The van der Waals surface area contributed by atoms with E-state index < -0.39 is 0 Å². The topological polar surface area (TPSA) is 54.5 Å². The van der Waals surface area contributed by atoms with E-state index in [9.17, 15) is 4.79 Å². The average molecular weight is 522 g/mol. The lowest BCUT2D eigenvalue weighted by atomic mass is 9.67. The molecule has 2 fully saturated rings. The van der Waals surface area contributed by atoms with Crippen LogP contribution >= 0.6 is 0 Å². The van der Waals surface area contributed by atoms with Crippen molar-refractivity contribution in [3.05, 3.63) is 101 Å². The van der Waals surface area contributed by atoms with Gasteiger partial charge in [-0.2, -0.15) is 0 Å². The molecule has 2 aliphatic heterocycles. The summed E-state index contributed by atoms with van der Waals surface area (Å²) in [5.74, 6) is 0.475. The zero-order chi connectivity index (χ0) is 26.3. The molecule has 1 aromatic heterocycles. The van der Waals surface area contributed by atoms with E-state index in [-0.39, 0.29) is 16.9 Å². The molecule has 2 aliphatic carbocycles. The van der Waals surface area contributed by atoms with Gasteiger partial charge in [0.15, 0.2) is 0 Å². The third-order valence-electron chi connectivity index (χ3n) is 10.1. The number of pyridine rings is 1. The Bertz CT molecular complexity index is 1320. The van der Waals surface area contributed by atoms with Gasteiger partial charge in [-0.15, -0.1) is 0 Å². The fourth-order valence-corrected chi connectivity index (χ4v) is 8.20. The van der Waals surface area contributed by atoms with E-state index in [0.29, 0.717) is 12.0 Å². The van der Waals surface area contributed by atoms with E-state index in [1.54, 1.807) is 0 Å². The number of aromatic nitrogens is 1. The molecule has 5 nitrogen and oxygen atoms in total. The lowest BCUT2D eigenvalue weighted by Gasteiger charge is -2.47. The summed E-state index contributed by atoms with van der Waals surface area (Å²) >= 11 is 0. The number of nitrogens with zero attached hydrogens (tertiary/aromatic N) is 2. The zero-order valence-corrected chi connectivity index (χ0v) is 22.8. The Labute approximate surface area is 232 Å². The van der Waals surface area contributed by atoms with Crippen LogP contribution in [0.25, 0.3) is 0 Å². The van der Waals surface area contributed by atoms with Crippen LogP contribution in [0.1, 0.15) is 96.1 Å².